The van der Waals surface area contributed by atoms with Crippen LogP contribution in [0.2, 0.25) is 19.6 Å². The van der Waals surface area contributed by atoms with Gasteiger partial charge in [-0.1, -0.05) is 33.0 Å². The van der Waals surface area contributed by atoms with Gasteiger partial charge in [0.2, 0.25) is 0 Å². The fourth-order valence-corrected chi connectivity index (χ4v) is 3.26. The minimum Gasteiger partial charge on any atom is -0.355 e. The van der Waals surface area contributed by atoms with Crippen molar-refractivity contribution in [1.29, 1.82) is 0 Å². The van der Waals surface area contributed by atoms with E-state index < -0.39 is 8.07 Å². The molecule has 0 unspecified atom stereocenters. The summed E-state index contributed by atoms with van der Waals surface area (Å²) in [4.78, 5) is 0. The van der Waals surface area contributed by atoms with Crippen molar-refractivity contribution in [2.75, 3.05) is 6.79 Å². The van der Waals surface area contributed by atoms with Gasteiger partial charge in [-0.25, -0.2) is 0 Å². The van der Waals surface area contributed by atoms with E-state index in [-0.39, 0.29) is 0 Å². The van der Waals surface area contributed by atoms with Gasteiger partial charge < -0.3 is 9.47 Å². The average molecular weight is 202 g/mol. The highest BCUT2D eigenvalue weighted by molar-refractivity contribution is 6.77. The fraction of sp³-hybridized carbons (Fsp3) is 1.00. The molecule has 0 amide bonds. The number of hydrogen-bond acceptors (Lipinski definition) is 2. The van der Waals surface area contributed by atoms with E-state index in [4.69, 9.17) is 9.47 Å². The Kier molecular flexibility index (Phi) is 3.95. The van der Waals surface area contributed by atoms with Gasteiger partial charge in [0.15, 0.2) is 0 Å². The van der Waals surface area contributed by atoms with E-state index in [1.807, 2.05) is 0 Å². The first-order chi connectivity index (χ1) is 6.04. The van der Waals surface area contributed by atoms with E-state index in [9.17, 15) is 0 Å². The van der Waals surface area contributed by atoms with Gasteiger partial charge in [0, 0.05) is 0 Å². The summed E-state index contributed by atoms with van der Waals surface area (Å²) in [5, 5.41) is 0. The van der Waals surface area contributed by atoms with Crippen LogP contribution in [0.3, 0.4) is 0 Å². The molecule has 1 saturated heterocycles. The van der Waals surface area contributed by atoms with Crippen molar-refractivity contribution in [3.8, 4) is 0 Å². The summed E-state index contributed by atoms with van der Waals surface area (Å²) in [6.07, 6.45) is 3.97. The smallest absolute Gasteiger partial charge is 0.147 e. The van der Waals surface area contributed by atoms with Gasteiger partial charge in [0.25, 0.3) is 0 Å². The topological polar surface area (TPSA) is 18.5 Å². The third kappa shape index (κ3) is 3.41. The van der Waals surface area contributed by atoms with Crippen LogP contribution >= 0.6 is 0 Å². The van der Waals surface area contributed by atoms with Crippen molar-refractivity contribution in [2.24, 2.45) is 0 Å². The third-order valence-electron chi connectivity index (χ3n) is 2.63. The van der Waals surface area contributed by atoms with Gasteiger partial charge in [0.1, 0.15) is 6.79 Å². The number of rotatable bonds is 3. The van der Waals surface area contributed by atoms with Gasteiger partial charge in [-0.05, 0) is 12.8 Å². The Balaban J connectivity index is 2.42. The van der Waals surface area contributed by atoms with Crippen molar-refractivity contribution in [2.45, 2.75) is 57.7 Å². The summed E-state index contributed by atoms with van der Waals surface area (Å²) in [5.41, 5.74) is 0.498. The maximum atomic E-state index is 5.66. The monoisotopic (exact) mass is 202 g/mol. The van der Waals surface area contributed by atoms with Crippen LogP contribution in [0, 0.1) is 0 Å². The second-order valence-electron chi connectivity index (χ2n) is 4.95. The normalized spacial score (nSPS) is 30.5. The molecule has 0 aromatic heterocycles. The van der Waals surface area contributed by atoms with E-state index in [1.54, 1.807) is 0 Å². The van der Waals surface area contributed by atoms with Crippen molar-refractivity contribution < 1.29 is 9.47 Å². The highest BCUT2D eigenvalue weighted by Crippen LogP contribution is 2.24. The summed E-state index contributed by atoms with van der Waals surface area (Å²) >= 11 is 0. The van der Waals surface area contributed by atoms with Crippen molar-refractivity contribution in [3.05, 3.63) is 0 Å². The first kappa shape index (κ1) is 11.2. The van der Waals surface area contributed by atoms with Gasteiger partial charge in [0.05, 0.1) is 19.9 Å². The molecular formula is C10H22O2Si. The molecule has 0 bridgehead atoms. The van der Waals surface area contributed by atoms with E-state index in [1.165, 1.54) is 12.8 Å². The van der Waals surface area contributed by atoms with E-state index in [0.29, 0.717) is 18.6 Å². The first-order valence-electron chi connectivity index (χ1n) is 5.27. The molecule has 1 rings (SSSR count). The largest absolute Gasteiger partial charge is 0.355 e. The lowest BCUT2D eigenvalue weighted by atomic mass is 10.1. The molecule has 1 aliphatic heterocycles. The highest BCUT2D eigenvalue weighted by atomic mass is 28.3. The van der Waals surface area contributed by atoms with Crippen molar-refractivity contribution in [3.63, 3.8) is 0 Å². The molecule has 1 aliphatic rings. The van der Waals surface area contributed by atoms with E-state index in [2.05, 4.69) is 26.6 Å². The summed E-state index contributed by atoms with van der Waals surface area (Å²) in [7, 11) is -1.13. The zero-order chi connectivity index (χ0) is 9.90. The molecule has 0 radical (unpaired) electrons. The molecule has 3 heteroatoms. The standard InChI is InChI=1S/C10H22O2Si/c1-5-6-9-7-10(12-8-11-9)13(2,3)4/h9-10H,5-8H2,1-4H3/t9-,10+/m0/s1. The lowest BCUT2D eigenvalue weighted by Crippen LogP contribution is -2.46. The predicted molar refractivity (Wildman–Crippen MR) is 57.5 cm³/mol. The summed E-state index contributed by atoms with van der Waals surface area (Å²) in [6.45, 7) is 9.83. The van der Waals surface area contributed by atoms with Crippen LogP contribution in [-0.4, -0.2) is 26.7 Å². The minimum atomic E-state index is -1.13. The number of hydrogen-bond donors (Lipinski definition) is 0. The Labute approximate surface area is 82.6 Å². The van der Waals surface area contributed by atoms with Gasteiger partial charge in [-0.3, -0.25) is 0 Å². The molecule has 1 fully saturated rings. The Morgan fingerprint density at radius 2 is 1.92 bits per heavy atom. The maximum Gasteiger partial charge on any atom is 0.147 e. The molecular weight excluding hydrogens is 180 g/mol. The van der Waals surface area contributed by atoms with Gasteiger partial charge in [-0.2, -0.15) is 0 Å². The molecule has 1 heterocycles. The van der Waals surface area contributed by atoms with Crippen molar-refractivity contribution in [1.82, 2.24) is 0 Å². The molecule has 0 aliphatic carbocycles. The molecule has 78 valence electrons. The van der Waals surface area contributed by atoms with E-state index >= 15 is 0 Å². The Morgan fingerprint density at radius 1 is 1.23 bits per heavy atom. The lowest BCUT2D eigenvalue weighted by Gasteiger charge is -2.36. The van der Waals surface area contributed by atoms with Crippen LogP contribution in [0.15, 0.2) is 0 Å². The van der Waals surface area contributed by atoms with Crippen LogP contribution in [0.25, 0.3) is 0 Å². The van der Waals surface area contributed by atoms with Crippen LogP contribution in [-0.2, 0) is 9.47 Å². The van der Waals surface area contributed by atoms with Crippen LogP contribution in [0.5, 0.6) is 0 Å². The summed E-state index contributed by atoms with van der Waals surface area (Å²) < 4.78 is 11.2. The molecule has 0 saturated carbocycles. The Hall–Kier alpha value is 0.137. The van der Waals surface area contributed by atoms with E-state index in [0.717, 1.165) is 6.42 Å². The second-order valence-corrected chi connectivity index (χ2v) is 10.3. The predicted octanol–water partition coefficient (Wildman–Crippen LogP) is 2.80. The molecule has 0 N–H and O–H groups in total. The molecule has 0 aromatic rings. The van der Waals surface area contributed by atoms with Crippen LogP contribution in [0.1, 0.15) is 26.2 Å². The van der Waals surface area contributed by atoms with Crippen molar-refractivity contribution >= 4 is 8.07 Å². The zero-order valence-corrected chi connectivity index (χ0v) is 10.3. The quantitative estimate of drug-likeness (QED) is 0.655. The summed E-state index contributed by atoms with van der Waals surface area (Å²) in [6, 6.07) is 0. The SMILES string of the molecule is CCC[C@H]1C[C@@H]([Si](C)(C)C)OCO1. The summed E-state index contributed by atoms with van der Waals surface area (Å²) in [5.74, 6) is 0. The molecule has 2 nitrogen and oxygen atoms in total. The number of ether oxygens (including phenoxy) is 2. The fourth-order valence-electron chi connectivity index (χ4n) is 1.72. The highest BCUT2D eigenvalue weighted by Gasteiger charge is 2.33. The molecule has 2 atom stereocenters. The average Bonchev–Trinajstić information content (AvgIpc) is 2.04. The molecule has 13 heavy (non-hydrogen) atoms. The Bertz CT molecular complexity index is 151. The zero-order valence-electron chi connectivity index (χ0n) is 9.30. The molecule has 0 aromatic carbocycles. The lowest BCUT2D eigenvalue weighted by molar-refractivity contribution is -0.156. The first-order valence-corrected chi connectivity index (χ1v) is 8.85. The Morgan fingerprint density at radius 3 is 2.46 bits per heavy atom. The second kappa shape index (κ2) is 4.58. The molecule has 0 spiro atoms. The third-order valence-corrected chi connectivity index (χ3v) is 4.96. The minimum absolute atomic E-state index is 0.454. The van der Waals surface area contributed by atoms with Crippen LogP contribution in [0.4, 0.5) is 0 Å². The maximum absolute atomic E-state index is 5.66. The van der Waals surface area contributed by atoms with Gasteiger partial charge >= 0.3 is 0 Å². The van der Waals surface area contributed by atoms with Crippen LogP contribution < -0.4 is 0 Å². The van der Waals surface area contributed by atoms with Gasteiger partial charge in [-0.15, -0.1) is 0 Å².